The SMILES string of the molecule is C=C(C)[C@H]1CC[C@]2(C)C/C=C(\C)C[C@@H]3C=C(CC[C@@H]12)C(=O)O3. The number of ether oxygens (including phenoxy) is 1. The van der Waals surface area contributed by atoms with E-state index in [1.807, 2.05) is 0 Å². The third-order valence-electron chi connectivity index (χ3n) is 6.11. The van der Waals surface area contributed by atoms with Crippen LogP contribution in [-0.2, 0) is 9.53 Å². The largest absolute Gasteiger partial charge is 0.454 e. The second-order valence-electron chi connectivity index (χ2n) is 7.89. The van der Waals surface area contributed by atoms with Crippen molar-refractivity contribution in [3.63, 3.8) is 0 Å². The van der Waals surface area contributed by atoms with Crippen LogP contribution < -0.4 is 0 Å². The van der Waals surface area contributed by atoms with Crippen molar-refractivity contribution in [3.8, 4) is 0 Å². The molecule has 0 radical (unpaired) electrons. The molecule has 0 aromatic heterocycles. The second kappa shape index (κ2) is 5.72. The average Bonchev–Trinajstić information content (AvgIpc) is 2.94. The monoisotopic (exact) mass is 300 g/mol. The fourth-order valence-corrected chi connectivity index (χ4v) is 4.70. The second-order valence-corrected chi connectivity index (χ2v) is 7.89. The van der Waals surface area contributed by atoms with Crippen molar-refractivity contribution in [1.29, 1.82) is 0 Å². The van der Waals surface area contributed by atoms with Gasteiger partial charge >= 0.3 is 5.97 Å². The Hall–Kier alpha value is -1.31. The predicted molar refractivity (Wildman–Crippen MR) is 89.3 cm³/mol. The molecule has 2 heteroatoms. The lowest BCUT2D eigenvalue weighted by atomic mass is 9.70. The molecule has 0 amide bonds. The first kappa shape index (κ1) is 15.6. The van der Waals surface area contributed by atoms with E-state index < -0.39 is 0 Å². The van der Waals surface area contributed by atoms with Gasteiger partial charge in [0.15, 0.2) is 0 Å². The first-order valence-electron chi connectivity index (χ1n) is 8.62. The smallest absolute Gasteiger partial charge is 0.334 e. The highest BCUT2D eigenvalue weighted by atomic mass is 16.5. The maximum atomic E-state index is 12.0. The number of carbonyl (C=O) groups excluding carboxylic acids is 1. The van der Waals surface area contributed by atoms with Crippen LogP contribution in [0.2, 0.25) is 0 Å². The van der Waals surface area contributed by atoms with Gasteiger partial charge < -0.3 is 4.74 Å². The molecule has 2 nitrogen and oxygen atoms in total. The van der Waals surface area contributed by atoms with E-state index in [1.54, 1.807) is 0 Å². The third kappa shape index (κ3) is 2.80. The topological polar surface area (TPSA) is 26.3 Å². The summed E-state index contributed by atoms with van der Waals surface area (Å²) in [6, 6.07) is 0. The van der Waals surface area contributed by atoms with Crippen molar-refractivity contribution in [2.24, 2.45) is 17.3 Å². The van der Waals surface area contributed by atoms with Crippen LogP contribution in [0.5, 0.6) is 0 Å². The van der Waals surface area contributed by atoms with Gasteiger partial charge in [-0.1, -0.05) is 30.7 Å². The highest BCUT2D eigenvalue weighted by Crippen LogP contribution is 2.54. The van der Waals surface area contributed by atoms with Gasteiger partial charge in [0.25, 0.3) is 0 Å². The molecule has 0 aromatic rings. The van der Waals surface area contributed by atoms with Crippen molar-refractivity contribution >= 4 is 5.97 Å². The first-order chi connectivity index (χ1) is 10.4. The summed E-state index contributed by atoms with van der Waals surface area (Å²) in [7, 11) is 0. The zero-order valence-corrected chi connectivity index (χ0v) is 14.2. The minimum absolute atomic E-state index is 0.0403. The van der Waals surface area contributed by atoms with Crippen LogP contribution >= 0.6 is 0 Å². The van der Waals surface area contributed by atoms with Gasteiger partial charge in [0.1, 0.15) is 6.10 Å². The molecule has 22 heavy (non-hydrogen) atoms. The van der Waals surface area contributed by atoms with Gasteiger partial charge in [-0.15, -0.1) is 0 Å². The number of allylic oxidation sites excluding steroid dienone is 2. The van der Waals surface area contributed by atoms with E-state index >= 15 is 0 Å². The fourth-order valence-electron chi connectivity index (χ4n) is 4.70. The van der Waals surface area contributed by atoms with Crippen LogP contribution in [0.4, 0.5) is 0 Å². The molecule has 120 valence electrons. The minimum atomic E-state index is -0.0926. The number of carbonyl (C=O) groups is 1. The first-order valence-corrected chi connectivity index (χ1v) is 8.62. The summed E-state index contributed by atoms with van der Waals surface area (Å²) in [6.07, 6.45) is 10.9. The zero-order valence-electron chi connectivity index (χ0n) is 14.2. The highest BCUT2D eigenvalue weighted by Gasteiger charge is 2.44. The lowest BCUT2D eigenvalue weighted by Gasteiger charge is -2.34. The van der Waals surface area contributed by atoms with E-state index in [1.165, 1.54) is 24.0 Å². The maximum absolute atomic E-state index is 12.0. The molecule has 1 aliphatic heterocycles. The lowest BCUT2D eigenvalue weighted by Crippen LogP contribution is -2.26. The van der Waals surface area contributed by atoms with E-state index in [2.05, 4.69) is 39.5 Å². The number of fused-ring (bicyclic) bond motifs is 2. The Balaban J connectivity index is 1.91. The van der Waals surface area contributed by atoms with E-state index in [0.717, 1.165) is 31.3 Å². The average molecular weight is 300 g/mol. The standard InChI is InChI=1S/C20H28O2/c1-13(2)17-8-10-20(4)9-7-14(3)11-16-12-15(19(21)22-16)5-6-18(17)20/h7,12,16-18H,1,5-6,8-11H2,2-4H3/b14-7+/t16-,17-,18+,20+/m1/s1. The van der Waals surface area contributed by atoms with Crippen LogP contribution in [0.1, 0.15) is 59.3 Å². The molecule has 3 aliphatic rings. The predicted octanol–water partition coefficient (Wildman–Crippen LogP) is 4.97. The number of hydrogen-bond acceptors (Lipinski definition) is 2. The van der Waals surface area contributed by atoms with E-state index in [4.69, 9.17) is 4.74 Å². The van der Waals surface area contributed by atoms with Crippen molar-refractivity contribution in [2.75, 3.05) is 0 Å². The normalized spacial score (nSPS) is 40.9. The summed E-state index contributed by atoms with van der Waals surface area (Å²) in [4.78, 5) is 12.0. The molecule has 2 bridgehead atoms. The molecule has 0 unspecified atom stereocenters. The van der Waals surface area contributed by atoms with Crippen LogP contribution in [0.3, 0.4) is 0 Å². The van der Waals surface area contributed by atoms with Gasteiger partial charge in [-0.05, 0) is 69.3 Å². The van der Waals surface area contributed by atoms with Gasteiger partial charge in [0.2, 0.25) is 0 Å². The quantitative estimate of drug-likeness (QED) is 0.505. The van der Waals surface area contributed by atoms with Gasteiger partial charge in [-0.3, -0.25) is 0 Å². The zero-order chi connectivity index (χ0) is 15.9. The Bertz CT molecular complexity index is 554. The van der Waals surface area contributed by atoms with Crippen molar-refractivity contribution in [1.82, 2.24) is 0 Å². The van der Waals surface area contributed by atoms with Gasteiger partial charge in [0, 0.05) is 12.0 Å². The van der Waals surface area contributed by atoms with E-state index in [-0.39, 0.29) is 12.1 Å². The minimum Gasteiger partial charge on any atom is -0.454 e. The van der Waals surface area contributed by atoms with E-state index in [9.17, 15) is 4.79 Å². The summed E-state index contributed by atoms with van der Waals surface area (Å²) in [6.45, 7) is 11.0. The van der Waals surface area contributed by atoms with Crippen LogP contribution in [0.25, 0.3) is 0 Å². The van der Waals surface area contributed by atoms with Gasteiger partial charge in [0.05, 0.1) is 0 Å². The summed E-state index contributed by atoms with van der Waals surface area (Å²) >= 11 is 0. The number of rotatable bonds is 1. The van der Waals surface area contributed by atoms with Gasteiger partial charge in [-0.25, -0.2) is 4.79 Å². The molecular weight excluding hydrogens is 272 g/mol. The van der Waals surface area contributed by atoms with Gasteiger partial charge in [-0.2, -0.15) is 0 Å². The molecule has 4 atom stereocenters. The van der Waals surface area contributed by atoms with Crippen LogP contribution in [0.15, 0.2) is 35.5 Å². The molecule has 0 saturated heterocycles. The lowest BCUT2D eigenvalue weighted by molar-refractivity contribution is -0.139. The van der Waals surface area contributed by atoms with Crippen molar-refractivity contribution in [3.05, 3.63) is 35.5 Å². The number of esters is 1. The fraction of sp³-hybridized carbons (Fsp3) is 0.650. The molecule has 1 saturated carbocycles. The molecule has 0 N–H and O–H groups in total. The molecule has 1 fully saturated rings. The molecule has 0 aromatic carbocycles. The maximum Gasteiger partial charge on any atom is 0.334 e. The summed E-state index contributed by atoms with van der Waals surface area (Å²) in [5.41, 5.74) is 3.90. The highest BCUT2D eigenvalue weighted by molar-refractivity contribution is 5.90. The summed E-state index contributed by atoms with van der Waals surface area (Å²) in [5, 5.41) is 0. The Morgan fingerprint density at radius 2 is 2.18 bits per heavy atom. The van der Waals surface area contributed by atoms with Crippen molar-refractivity contribution < 1.29 is 9.53 Å². The Morgan fingerprint density at radius 1 is 1.41 bits per heavy atom. The van der Waals surface area contributed by atoms with E-state index in [0.29, 0.717) is 17.3 Å². The molecule has 0 spiro atoms. The molecule has 2 aliphatic carbocycles. The molecule has 3 rings (SSSR count). The Morgan fingerprint density at radius 3 is 2.91 bits per heavy atom. The van der Waals surface area contributed by atoms with Crippen LogP contribution in [-0.4, -0.2) is 12.1 Å². The van der Waals surface area contributed by atoms with Crippen molar-refractivity contribution in [2.45, 2.75) is 65.4 Å². The van der Waals surface area contributed by atoms with Crippen LogP contribution in [0, 0.1) is 17.3 Å². The summed E-state index contributed by atoms with van der Waals surface area (Å²) in [5.74, 6) is 1.14. The Kier molecular flexibility index (Phi) is 4.05. The molecular formula is C20H28O2. The third-order valence-corrected chi connectivity index (χ3v) is 6.11. The Labute approximate surface area is 134 Å². The molecule has 1 heterocycles. The summed E-state index contributed by atoms with van der Waals surface area (Å²) < 4.78 is 5.49. The number of hydrogen-bond donors (Lipinski definition) is 0.